The van der Waals surface area contributed by atoms with Crippen LogP contribution in [0.25, 0.3) is 0 Å². The van der Waals surface area contributed by atoms with E-state index in [1.165, 1.54) is 36.8 Å². The summed E-state index contributed by atoms with van der Waals surface area (Å²) < 4.78 is 0. The third-order valence-electron chi connectivity index (χ3n) is 5.04. The molecule has 1 unspecified atom stereocenters. The number of dihydropyridines is 1. The highest BCUT2D eigenvalue weighted by Crippen LogP contribution is 2.38. The Hall–Kier alpha value is -1.28. The van der Waals surface area contributed by atoms with Gasteiger partial charge in [-0.2, -0.15) is 0 Å². The van der Waals surface area contributed by atoms with Crippen molar-refractivity contribution in [3.05, 3.63) is 58.4 Å². The molecule has 21 heavy (non-hydrogen) atoms. The van der Waals surface area contributed by atoms with Gasteiger partial charge in [-0.05, 0) is 53.8 Å². The molecule has 1 aliphatic carbocycles. The number of aryl methyl sites for hydroxylation is 1. The van der Waals surface area contributed by atoms with Gasteiger partial charge in [0.1, 0.15) is 0 Å². The molecule has 112 valence electrons. The lowest BCUT2D eigenvalue weighted by Crippen LogP contribution is -2.26. The molecule has 1 saturated carbocycles. The average molecular weight is 298 g/mol. The molecule has 1 aromatic rings. The monoisotopic (exact) mass is 297 g/mol. The molecular weight excluding hydrogens is 270 g/mol. The number of allylic oxidation sites excluding steroid dienone is 2. The van der Waals surface area contributed by atoms with Crippen LogP contribution in [0, 0.1) is 12.8 Å². The highest BCUT2D eigenvalue weighted by molar-refractivity contribution is 6.65. The van der Waals surface area contributed by atoms with E-state index in [9.17, 15) is 0 Å². The van der Waals surface area contributed by atoms with Gasteiger partial charge in [0.15, 0.2) is 0 Å². The Balaban J connectivity index is 1.94. The van der Waals surface area contributed by atoms with Crippen LogP contribution >= 0.6 is 0 Å². The number of benzene rings is 1. The van der Waals surface area contributed by atoms with Gasteiger partial charge in [0.05, 0.1) is 14.8 Å². The van der Waals surface area contributed by atoms with Crippen molar-refractivity contribution < 1.29 is 0 Å². The summed E-state index contributed by atoms with van der Waals surface area (Å²) >= 11 is 0. The molecule has 1 aliphatic heterocycles. The Morgan fingerprint density at radius 1 is 1.10 bits per heavy atom. The standard InChI is InChI=1S/C19H27NSi/c1-14-8-4-7-11-16(14)18-12-17(15-9-5-6-10-15)19(13-20-18)21(2)3/h4,7-8,11-13,15,18,20-21H,5-6,9-10H2,1-3H3. The largest absolute Gasteiger partial charge is 0.381 e. The summed E-state index contributed by atoms with van der Waals surface area (Å²) in [4.78, 5) is 0. The van der Waals surface area contributed by atoms with Crippen LogP contribution < -0.4 is 5.32 Å². The topological polar surface area (TPSA) is 12.0 Å². The van der Waals surface area contributed by atoms with Crippen molar-refractivity contribution in [3.8, 4) is 0 Å². The summed E-state index contributed by atoms with van der Waals surface area (Å²) in [5.41, 5.74) is 4.49. The van der Waals surface area contributed by atoms with Crippen molar-refractivity contribution in [3.63, 3.8) is 0 Å². The third-order valence-corrected chi connectivity index (χ3v) is 6.78. The zero-order chi connectivity index (χ0) is 14.8. The Labute approximate surface area is 130 Å². The van der Waals surface area contributed by atoms with Gasteiger partial charge < -0.3 is 5.32 Å². The van der Waals surface area contributed by atoms with E-state index >= 15 is 0 Å². The summed E-state index contributed by atoms with van der Waals surface area (Å²) in [6.07, 6.45) is 10.5. The molecule has 3 rings (SSSR count). The minimum absolute atomic E-state index is 0.360. The van der Waals surface area contributed by atoms with Crippen molar-refractivity contribution >= 4 is 8.80 Å². The molecule has 1 nitrogen and oxygen atoms in total. The number of hydrogen-bond acceptors (Lipinski definition) is 1. The van der Waals surface area contributed by atoms with Crippen LogP contribution in [0.4, 0.5) is 0 Å². The molecule has 2 aliphatic rings. The summed E-state index contributed by atoms with van der Waals surface area (Å²) in [6, 6.07) is 9.13. The zero-order valence-corrected chi connectivity index (χ0v) is 14.7. The Morgan fingerprint density at radius 3 is 2.48 bits per heavy atom. The molecule has 1 atom stereocenters. The first-order valence-corrected chi connectivity index (χ1v) is 11.3. The van der Waals surface area contributed by atoms with Gasteiger partial charge in [-0.25, -0.2) is 0 Å². The summed E-state index contributed by atoms with van der Waals surface area (Å²) in [5.74, 6) is 0.819. The van der Waals surface area contributed by atoms with Crippen LogP contribution in [0.1, 0.15) is 42.9 Å². The van der Waals surface area contributed by atoms with Crippen molar-refractivity contribution in [2.24, 2.45) is 5.92 Å². The second-order valence-corrected chi connectivity index (χ2v) is 9.79. The lowest BCUT2D eigenvalue weighted by molar-refractivity contribution is 0.624. The first-order valence-electron chi connectivity index (χ1n) is 8.40. The highest BCUT2D eigenvalue weighted by atomic mass is 28.3. The van der Waals surface area contributed by atoms with E-state index in [-0.39, 0.29) is 0 Å². The first-order chi connectivity index (χ1) is 10.2. The van der Waals surface area contributed by atoms with Crippen molar-refractivity contribution in [1.29, 1.82) is 0 Å². The van der Waals surface area contributed by atoms with Crippen LogP contribution in [-0.2, 0) is 0 Å². The van der Waals surface area contributed by atoms with Crippen LogP contribution in [0.2, 0.25) is 13.1 Å². The molecule has 0 amide bonds. The van der Waals surface area contributed by atoms with Gasteiger partial charge in [-0.1, -0.05) is 56.3 Å². The van der Waals surface area contributed by atoms with Crippen molar-refractivity contribution in [2.45, 2.75) is 51.7 Å². The summed E-state index contributed by atoms with van der Waals surface area (Å²) in [7, 11) is -0.769. The number of hydrogen-bond donors (Lipinski definition) is 1. The molecule has 1 aromatic carbocycles. The van der Waals surface area contributed by atoms with Crippen LogP contribution in [0.3, 0.4) is 0 Å². The average Bonchev–Trinajstić information content (AvgIpc) is 3.01. The second kappa shape index (κ2) is 6.23. The van der Waals surface area contributed by atoms with Crippen LogP contribution in [0.5, 0.6) is 0 Å². The van der Waals surface area contributed by atoms with Gasteiger partial charge in [0, 0.05) is 0 Å². The van der Waals surface area contributed by atoms with E-state index in [2.05, 4.69) is 61.9 Å². The van der Waals surface area contributed by atoms with E-state index in [4.69, 9.17) is 0 Å². The summed E-state index contributed by atoms with van der Waals surface area (Å²) in [6.45, 7) is 7.12. The fourth-order valence-electron chi connectivity index (χ4n) is 3.81. The second-order valence-electron chi connectivity index (χ2n) is 6.86. The zero-order valence-electron chi connectivity index (χ0n) is 13.5. The van der Waals surface area contributed by atoms with Crippen molar-refractivity contribution in [1.82, 2.24) is 5.32 Å². The minimum Gasteiger partial charge on any atom is -0.381 e. The molecule has 0 aromatic heterocycles. The minimum atomic E-state index is -0.769. The third kappa shape index (κ3) is 3.01. The summed E-state index contributed by atoms with van der Waals surface area (Å²) in [5, 5.41) is 5.32. The van der Waals surface area contributed by atoms with Gasteiger partial charge in [0.2, 0.25) is 0 Å². The predicted octanol–water partition coefficient (Wildman–Crippen LogP) is 4.67. The highest BCUT2D eigenvalue weighted by Gasteiger charge is 2.27. The molecule has 0 radical (unpaired) electrons. The molecule has 0 bridgehead atoms. The lowest BCUT2D eigenvalue weighted by atomic mass is 9.90. The SMILES string of the molecule is Cc1ccccc1C1C=C(C2CCCC2)C([SiH](C)C)=CN1. The first kappa shape index (κ1) is 14.6. The fourth-order valence-corrected chi connectivity index (χ4v) is 5.24. The van der Waals surface area contributed by atoms with E-state index in [0.717, 1.165) is 5.92 Å². The quantitative estimate of drug-likeness (QED) is 0.800. The molecule has 1 N–H and O–H groups in total. The molecular formula is C19H27NSi. The van der Waals surface area contributed by atoms with E-state index in [1.54, 1.807) is 10.8 Å². The Kier molecular flexibility index (Phi) is 4.34. The smallest absolute Gasteiger partial charge is 0.0700 e. The molecule has 1 heterocycles. The molecule has 0 saturated heterocycles. The Bertz CT molecular complexity index is 565. The predicted molar refractivity (Wildman–Crippen MR) is 94.1 cm³/mol. The molecule has 2 heteroatoms. The maximum atomic E-state index is 3.66. The maximum Gasteiger partial charge on any atom is 0.0700 e. The van der Waals surface area contributed by atoms with E-state index in [0.29, 0.717) is 6.04 Å². The van der Waals surface area contributed by atoms with Gasteiger partial charge >= 0.3 is 0 Å². The van der Waals surface area contributed by atoms with Crippen LogP contribution in [0.15, 0.2) is 47.3 Å². The Morgan fingerprint density at radius 2 is 1.81 bits per heavy atom. The molecule has 1 fully saturated rings. The van der Waals surface area contributed by atoms with Gasteiger partial charge in [0.25, 0.3) is 0 Å². The van der Waals surface area contributed by atoms with Gasteiger partial charge in [-0.3, -0.25) is 0 Å². The van der Waals surface area contributed by atoms with Gasteiger partial charge in [-0.15, -0.1) is 0 Å². The fraction of sp³-hybridized carbons (Fsp3) is 0.474. The number of nitrogens with one attached hydrogen (secondary N) is 1. The lowest BCUT2D eigenvalue weighted by Gasteiger charge is -2.29. The normalized spacial score (nSPS) is 23.0. The maximum absolute atomic E-state index is 3.66. The van der Waals surface area contributed by atoms with E-state index < -0.39 is 8.80 Å². The molecule has 0 spiro atoms. The van der Waals surface area contributed by atoms with E-state index in [1.807, 2.05) is 0 Å². The van der Waals surface area contributed by atoms with Crippen LogP contribution in [-0.4, -0.2) is 8.80 Å². The number of rotatable bonds is 3. The van der Waals surface area contributed by atoms with Crippen molar-refractivity contribution in [2.75, 3.05) is 0 Å².